The van der Waals surface area contributed by atoms with E-state index in [9.17, 15) is 4.39 Å². The van der Waals surface area contributed by atoms with Crippen molar-refractivity contribution >= 4 is 10.8 Å². The van der Waals surface area contributed by atoms with E-state index < -0.39 is 0 Å². The highest BCUT2D eigenvalue weighted by Crippen LogP contribution is 2.22. The summed E-state index contributed by atoms with van der Waals surface area (Å²) in [5, 5.41) is 2.50. The first-order valence-corrected chi connectivity index (χ1v) is 9.50. The molecule has 1 atom stereocenters. The van der Waals surface area contributed by atoms with Gasteiger partial charge in [0.25, 0.3) is 0 Å². The molecule has 0 unspecified atom stereocenters. The number of hydrogen-bond donors (Lipinski definition) is 0. The van der Waals surface area contributed by atoms with E-state index in [1.807, 2.05) is 12.4 Å². The number of benzene rings is 1. The fourth-order valence-electron chi connectivity index (χ4n) is 4.01. The van der Waals surface area contributed by atoms with Crippen molar-refractivity contribution in [3.05, 3.63) is 72.1 Å². The Morgan fingerprint density at radius 2 is 1.93 bits per heavy atom. The van der Waals surface area contributed by atoms with E-state index in [0.717, 1.165) is 44.8 Å². The van der Waals surface area contributed by atoms with Gasteiger partial charge < -0.3 is 4.90 Å². The van der Waals surface area contributed by atoms with E-state index in [2.05, 4.69) is 51.1 Å². The molecular weight excluding hydrogens is 339 g/mol. The van der Waals surface area contributed by atoms with Gasteiger partial charge in [-0.15, -0.1) is 0 Å². The minimum absolute atomic E-state index is 0.282. The van der Waals surface area contributed by atoms with Gasteiger partial charge in [0.1, 0.15) is 5.82 Å². The number of fused-ring (bicyclic) bond motifs is 1. The van der Waals surface area contributed by atoms with E-state index in [0.29, 0.717) is 5.92 Å². The third-order valence-electron chi connectivity index (χ3n) is 5.32. The molecule has 1 aromatic carbocycles. The number of nitrogens with zero attached hydrogens (tertiary/aromatic N) is 4. The standard InChI is InChI=1S/C22H25FN4/c1-26-8-9-27(16-21-7-6-20(23)13-25-21)15-17(14-26)10-19-12-24-11-18-4-2-3-5-22(18)19/h2-7,11-13,17H,8-10,14-16H2,1H3/t17-/m0/s1. The van der Waals surface area contributed by atoms with Crippen molar-refractivity contribution in [1.82, 2.24) is 19.8 Å². The van der Waals surface area contributed by atoms with Crippen LogP contribution in [0.2, 0.25) is 0 Å². The molecule has 2 aromatic heterocycles. The Bertz CT molecular complexity index is 891. The van der Waals surface area contributed by atoms with Gasteiger partial charge in [-0.05, 0) is 42.5 Å². The average Bonchev–Trinajstić information content (AvgIpc) is 2.85. The quantitative estimate of drug-likeness (QED) is 0.710. The smallest absolute Gasteiger partial charge is 0.141 e. The maximum absolute atomic E-state index is 13.1. The van der Waals surface area contributed by atoms with Gasteiger partial charge in [-0.2, -0.15) is 0 Å². The van der Waals surface area contributed by atoms with Crippen LogP contribution < -0.4 is 0 Å². The Hall–Kier alpha value is -2.37. The summed E-state index contributed by atoms with van der Waals surface area (Å²) in [6.07, 6.45) is 6.26. The van der Waals surface area contributed by atoms with Crippen LogP contribution in [-0.4, -0.2) is 53.0 Å². The summed E-state index contributed by atoms with van der Waals surface area (Å²) in [6, 6.07) is 11.7. The maximum Gasteiger partial charge on any atom is 0.141 e. The molecule has 1 fully saturated rings. The first-order valence-electron chi connectivity index (χ1n) is 9.50. The molecule has 3 heterocycles. The van der Waals surface area contributed by atoms with Gasteiger partial charge >= 0.3 is 0 Å². The predicted molar refractivity (Wildman–Crippen MR) is 106 cm³/mol. The minimum Gasteiger partial charge on any atom is -0.305 e. The molecule has 0 bridgehead atoms. The highest BCUT2D eigenvalue weighted by atomic mass is 19.1. The Morgan fingerprint density at radius 1 is 1.04 bits per heavy atom. The Labute approximate surface area is 159 Å². The Morgan fingerprint density at radius 3 is 2.78 bits per heavy atom. The fraction of sp³-hybridized carbons (Fsp3) is 0.364. The van der Waals surface area contributed by atoms with Crippen LogP contribution in [0.15, 0.2) is 55.0 Å². The predicted octanol–water partition coefficient (Wildman–Crippen LogP) is 3.38. The maximum atomic E-state index is 13.1. The van der Waals surface area contributed by atoms with Crippen LogP contribution in [0.4, 0.5) is 4.39 Å². The van der Waals surface area contributed by atoms with Crippen LogP contribution in [-0.2, 0) is 13.0 Å². The second kappa shape index (κ2) is 8.11. The summed E-state index contributed by atoms with van der Waals surface area (Å²) in [5.74, 6) is 0.237. The summed E-state index contributed by atoms with van der Waals surface area (Å²) in [6.45, 7) is 4.87. The number of halogens is 1. The van der Waals surface area contributed by atoms with Gasteiger partial charge in [0, 0.05) is 50.5 Å². The topological polar surface area (TPSA) is 32.3 Å². The van der Waals surface area contributed by atoms with Crippen molar-refractivity contribution < 1.29 is 4.39 Å². The molecule has 0 N–H and O–H groups in total. The van der Waals surface area contributed by atoms with Crippen LogP contribution in [0, 0.1) is 11.7 Å². The zero-order valence-corrected chi connectivity index (χ0v) is 15.7. The summed E-state index contributed by atoms with van der Waals surface area (Å²) < 4.78 is 13.1. The lowest BCUT2D eigenvalue weighted by Crippen LogP contribution is -2.30. The third-order valence-corrected chi connectivity index (χ3v) is 5.32. The molecule has 1 aliphatic rings. The van der Waals surface area contributed by atoms with Gasteiger partial charge in [0.05, 0.1) is 11.9 Å². The van der Waals surface area contributed by atoms with E-state index in [1.165, 1.54) is 28.6 Å². The van der Waals surface area contributed by atoms with Gasteiger partial charge in [0.15, 0.2) is 0 Å². The van der Waals surface area contributed by atoms with Crippen LogP contribution >= 0.6 is 0 Å². The molecule has 0 aliphatic carbocycles. The highest BCUT2D eigenvalue weighted by Gasteiger charge is 2.22. The summed E-state index contributed by atoms with van der Waals surface area (Å²) >= 11 is 0. The first kappa shape index (κ1) is 18.0. The van der Waals surface area contributed by atoms with E-state index in [-0.39, 0.29) is 5.82 Å². The Balaban J connectivity index is 1.51. The fourth-order valence-corrected chi connectivity index (χ4v) is 4.01. The second-order valence-electron chi connectivity index (χ2n) is 7.56. The van der Waals surface area contributed by atoms with E-state index in [4.69, 9.17) is 0 Å². The van der Waals surface area contributed by atoms with Crippen molar-refractivity contribution in [3.8, 4) is 0 Å². The second-order valence-corrected chi connectivity index (χ2v) is 7.56. The lowest BCUT2D eigenvalue weighted by Gasteiger charge is -2.24. The molecule has 1 saturated heterocycles. The number of likely N-dealkylation sites (N-methyl/N-ethyl adjacent to an activating group) is 1. The molecule has 0 radical (unpaired) electrons. The molecule has 4 nitrogen and oxygen atoms in total. The molecule has 4 rings (SSSR count). The summed E-state index contributed by atoms with van der Waals surface area (Å²) in [7, 11) is 2.19. The van der Waals surface area contributed by atoms with Crippen molar-refractivity contribution in [2.24, 2.45) is 5.92 Å². The largest absolute Gasteiger partial charge is 0.305 e. The van der Waals surface area contributed by atoms with Crippen LogP contribution in [0.3, 0.4) is 0 Å². The SMILES string of the molecule is CN1CCN(Cc2ccc(F)cn2)C[C@@H](Cc2cncc3ccccc23)C1. The molecule has 3 aromatic rings. The van der Waals surface area contributed by atoms with Crippen LogP contribution in [0.25, 0.3) is 10.8 Å². The molecule has 5 heteroatoms. The lowest BCUT2D eigenvalue weighted by molar-refractivity contribution is 0.246. The number of hydrogen-bond acceptors (Lipinski definition) is 4. The molecule has 1 aliphatic heterocycles. The lowest BCUT2D eigenvalue weighted by atomic mass is 9.96. The van der Waals surface area contributed by atoms with E-state index >= 15 is 0 Å². The normalized spacial score (nSPS) is 19.3. The van der Waals surface area contributed by atoms with Crippen molar-refractivity contribution in [1.29, 1.82) is 0 Å². The Kier molecular flexibility index (Phi) is 5.41. The third kappa shape index (κ3) is 4.49. The van der Waals surface area contributed by atoms with E-state index in [1.54, 1.807) is 6.07 Å². The van der Waals surface area contributed by atoms with Crippen molar-refractivity contribution in [2.75, 3.05) is 33.2 Å². The molecular formula is C22H25FN4. The van der Waals surface area contributed by atoms with Gasteiger partial charge in [-0.25, -0.2) is 4.39 Å². The monoisotopic (exact) mass is 364 g/mol. The van der Waals surface area contributed by atoms with Gasteiger partial charge in [0.2, 0.25) is 0 Å². The van der Waals surface area contributed by atoms with Crippen LogP contribution in [0.1, 0.15) is 11.3 Å². The van der Waals surface area contributed by atoms with Crippen molar-refractivity contribution in [3.63, 3.8) is 0 Å². The summed E-state index contributed by atoms with van der Waals surface area (Å²) in [4.78, 5) is 13.5. The van der Waals surface area contributed by atoms with Crippen molar-refractivity contribution in [2.45, 2.75) is 13.0 Å². The average molecular weight is 364 g/mol. The number of aromatic nitrogens is 2. The molecule has 0 amide bonds. The zero-order chi connectivity index (χ0) is 18.6. The molecule has 27 heavy (non-hydrogen) atoms. The summed E-state index contributed by atoms with van der Waals surface area (Å²) in [5.41, 5.74) is 2.24. The first-order chi connectivity index (χ1) is 13.2. The molecule has 140 valence electrons. The molecule has 0 saturated carbocycles. The highest BCUT2D eigenvalue weighted by molar-refractivity contribution is 5.84. The van der Waals surface area contributed by atoms with Gasteiger partial charge in [-0.1, -0.05) is 24.3 Å². The molecule has 0 spiro atoms. The van der Waals surface area contributed by atoms with Crippen LogP contribution in [0.5, 0.6) is 0 Å². The zero-order valence-electron chi connectivity index (χ0n) is 15.7. The number of rotatable bonds is 4. The number of pyridine rings is 2. The van der Waals surface area contributed by atoms with Gasteiger partial charge in [-0.3, -0.25) is 14.9 Å². The minimum atomic E-state index is -0.282.